The number of rotatable bonds is 9. The van der Waals surface area contributed by atoms with E-state index >= 15 is 0 Å². The number of aromatic nitrogens is 1. The number of hydrogen-bond donors (Lipinski definition) is 2. The highest BCUT2D eigenvalue weighted by Crippen LogP contribution is 2.24. The van der Waals surface area contributed by atoms with Gasteiger partial charge < -0.3 is 10.6 Å². The monoisotopic (exact) mass is 402 g/mol. The van der Waals surface area contributed by atoms with Crippen molar-refractivity contribution in [3.63, 3.8) is 0 Å². The van der Waals surface area contributed by atoms with Crippen molar-refractivity contribution in [3.05, 3.63) is 34.7 Å². The third-order valence-corrected chi connectivity index (χ3v) is 4.71. The van der Waals surface area contributed by atoms with E-state index in [0.29, 0.717) is 25.4 Å². The molecule has 2 rings (SSSR count). The van der Waals surface area contributed by atoms with Crippen LogP contribution in [-0.2, 0) is 16.1 Å². The maximum Gasteiger partial charge on any atom is 0.234 e. The largest absolute Gasteiger partial charge is 0.353 e. The molecule has 152 valence electrons. The minimum absolute atomic E-state index is 0.0179. The van der Waals surface area contributed by atoms with Crippen LogP contribution in [0.2, 0.25) is 0 Å². The molecule has 0 fully saturated rings. The van der Waals surface area contributed by atoms with Crippen LogP contribution in [0.5, 0.6) is 0 Å². The second-order valence-corrected chi connectivity index (χ2v) is 8.69. The molecule has 0 spiro atoms. The zero-order valence-electron chi connectivity index (χ0n) is 17.3. The SMILES string of the molecule is CC(C)CC(=O)Nc1ccc(-c2csc(CN(C)CC(=O)NC(C)C)n2)cc1. The molecular weight excluding hydrogens is 372 g/mol. The summed E-state index contributed by atoms with van der Waals surface area (Å²) >= 11 is 1.58. The summed E-state index contributed by atoms with van der Waals surface area (Å²) < 4.78 is 0. The van der Waals surface area contributed by atoms with E-state index < -0.39 is 0 Å². The van der Waals surface area contributed by atoms with Gasteiger partial charge in [-0.1, -0.05) is 26.0 Å². The Balaban J connectivity index is 1.92. The first-order valence-electron chi connectivity index (χ1n) is 9.55. The van der Waals surface area contributed by atoms with Crippen molar-refractivity contribution in [2.75, 3.05) is 18.9 Å². The average Bonchev–Trinajstić information content (AvgIpc) is 3.02. The topological polar surface area (TPSA) is 74.3 Å². The fourth-order valence-corrected chi connectivity index (χ4v) is 3.61. The number of benzene rings is 1. The van der Waals surface area contributed by atoms with Gasteiger partial charge in [-0.05, 0) is 38.9 Å². The average molecular weight is 403 g/mol. The third-order valence-electron chi connectivity index (χ3n) is 3.88. The molecule has 1 aromatic carbocycles. The molecule has 0 unspecified atom stereocenters. The van der Waals surface area contributed by atoms with E-state index in [0.717, 1.165) is 22.0 Å². The summed E-state index contributed by atoms with van der Waals surface area (Å²) in [5, 5.41) is 8.79. The van der Waals surface area contributed by atoms with Gasteiger partial charge in [0.25, 0.3) is 0 Å². The standard InChI is InChI=1S/C21H30N4O2S/c1-14(2)10-19(26)23-17-8-6-16(7-9-17)18-13-28-21(24-18)12-25(5)11-20(27)22-15(3)4/h6-9,13-15H,10-12H2,1-5H3,(H,22,27)(H,23,26). The third kappa shape index (κ3) is 7.40. The fourth-order valence-electron chi connectivity index (χ4n) is 2.72. The Morgan fingerprint density at radius 2 is 1.79 bits per heavy atom. The summed E-state index contributed by atoms with van der Waals surface area (Å²) in [6.07, 6.45) is 0.514. The highest BCUT2D eigenvalue weighted by molar-refractivity contribution is 7.09. The van der Waals surface area contributed by atoms with Crippen molar-refractivity contribution >= 4 is 28.8 Å². The van der Waals surface area contributed by atoms with Gasteiger partial charge in [-0.2, -0.15) is 0 Å². The molecule has 6 nitrogen and oxygen atoms in total. The molecular formula is C21H30N4O2S. The Morgan fingerprint density at radius 3 is 2.39 bits per heavy atom. The molecule has 0 saturated heterocycles. The van der Waals surface area contributed by atoms with E-state index in [2.05, 4.69) is 15.6 Å². The lowest BCUT2D eigenvalue weighted by Crippen LogP contribution is -2.38. The van der Waals surface area contributed by atoms with Crippen molar-refractivity contribution in [2.45, 2.75) is 46.7 Å². The number of likely N-dealkylation sites (N-methyl/N-ethyl adjacent to an activating group) is 1. The van der Waals surface area contributed by atoms with Crippen molar-refractivity contribution in [3.8, 4) is 11.3 Å². The van der Waals surface area contributed by atoms with Gasteiger partial charge >= 0.3 is 0 Å². The van der Waals surface area contributed by atoms with Gasteiger partial charge in [0.05, 0.1) is 18.8 Å². The number of thiazole rings is 1. The minimum atomic E-state index is 0.0179. The van der Waals surface area contributed by atoms with Gasteiger partial charge in [0.1, 0.15) is 5.01 Å². The summed E-state index contributed by atoms with van der Waals surface area (Å²) in [5.41, 5.74) is 2.70. The van der Waals surface area contributed by atoms with E-state index in [1.54, 1.807) is 11.3 Å². The van der Waals surface area contributed by atoms with Crippen LogP contribution in [0.1, 0.15) is 39.1 Å². The van der Waals surface area contributed by atoms with Gasteiger partial charge in [0, 0.05) is 29.1 Å². The second-order valence-electron chi connectivity index (χ2n) is 7.74. The number of amides is 2. The molecule has 0 bridgehead atoms. The predicted molar refractivity (Wildman–Crippen MR) is 115 cm³/mol. The lowest BCUT2D eigenvalue weighted by Gasteiger charge is -2.16. The first kappa shape index (κ1) is 22.0. The van der Waals surface area contributed by atoms with Gasteiger partial charge in [0.2, 0.25) is 11.8 Å². The highest BCUT2D eigenvalue weighted by Gasteiger charge is 2.11. The molecule has 7 heteroatoms. The summed E-state index contributed by atoms with van der Waals surface area (Å²) in [6.45, 7) is 8.92. The minimum Gasteiger partial charge on any atom is -0.353 e. The smallest absolute Gasteiger partial charge is 0.234 e. The molecule has 2 aromatic rings. The summed E-state index contributed by atoms with van der Waals surface area (Å²) in [7, 11) is 1.91. The number of carbonyl (C=O) groups excluding carboxylic acids is 2. The predicted octanol–water partition coefficient (Wildman–Crippen LogP) is 3.75. The Labute approximate surface area is 171 Å². The lowest BCUT2D eigenvalue weighted by atomic mass is 10.1. The van der Waals surface area contributed by atoms with Crippen LogP contribution in [0.4, 0.5) is 5.69 Å². The highest BCUT2D eigenvalue weighted by atomic mass is 32.1. The first-order chi connectivity index (χ1) is 13.2. The summed E-state index contributed by atoms with van der Waals surface area (Å²) in [4.78, 5) is 30.3. The summed E-state index contributed by atoms with van der Waals surface area (Å²) in [5.74, 6) is 0.384. The Morgan fingerprint density at radius 1 is 1.11 bits per heavy atom. The Kier molecular flexibility index (Phi) is 8.14. The molecule has 0 saturated carbocycles. The van der Waals surface area contributed by atoms with Crippen molar-refractivity contribution < 1.29 is 9.59 Å². The molecule has 28 heavy (non-hydrogen) atoms. The molecule has 2 amide bonds. The van der Waals surface area contributed by atoms with Crippen LogP contribution in [0.25, 0.3) is 11.3 Å². The molecule has 1 aromatic heterocycles. The van der Waals surface area contributed by atoms with Crippen LogP contribution < -0.4 is 10.6 Å². The van der Waals surface area contributed by atoms with Gasteiger partial charge in [0.15, 0.2) is 0 Å². The van der Waals surface area contributed by atoms with Crippen LogP contribution in [-0.4, -0.2) is 41.3 Å². The lowest BCUT2D eigenvalue weighted by molar-refractivity contribution is -0.122. The van der Waals surface area contributed by atoms with Crippen LogP contribution in [0.15, 0.2) is 29.6 Å². The van der Waals surface area contributed by atoms with E-state index in [9.17, 15) is 9.59 Å². The van der Waals surface area contributed by atoms with E-state index in [-0.39, 0.29) is 17.9 Å². The molecule has 0 radical (unpaired) electrons. The Hall–Kier alpha value is -2.25. The van der Waals surface area contributed by atoms with Crippen LogP contribution in [0, 0.1) is 5.92 Å². The molecule has 0 aliphatic carbocycles. The molecule has 1 heterocycles. The van der Waals surface area contributed by atoms with E-state index in [1.807, 2.05) is 69.3 Å². The molecule has 0 aliphatic rings. The number of anilines is 1. The van der Waals surface area contributed by atoms with Crippen LogP contribution in [0.3, 0.4) is 0 Å². The molecule has 0 aliphatic heterocycles. The zero-order valence-corrected chi connectivity index (χ0v) is 18.1. The van der Waals surface area contributed by atoms with Crippen molar-refractivity contribution in [1.29, 1.82) is 0 Å². The molecule has 2 N–H and O–H groups in total. The number of carbonyl (C=O) groups is 2. The second kappa shape index (κ2) is 10.3. The van der Waals surface area contributed by atoms with Crippen molar-refractivity contribution in [1.82, 2.24) is 15.2 Å². The quantitative estimate of drug-likeness (QED) is 0.670. The fraction of sp³-hybridized carbons (Fsp3) is 0.476. The normalized spacial score (nSPS) is 11.3. The van der Waals surface area contributed by atoms with Gasteiger partial charge in [-0.25, -0.2) is 4.98 Å². The molecule has 0 atom stereocenters. The van der Waals surface area contributed by atoms with Crippen molar-refractivity contribution in [2.24, 2.45) is 5.92 Å². The Bertz CT molecular complexity index is 784. The first-order valence-corrected chi connectivity index (χ1v) is 10.4. The number of nitrogens with one attached hydrogen (secondary N) is 2. The van der Waals surface area contributed by atoms with Gasteiger partial charge in [-0.3, -0.25) is 14.5 Å². The maximum absolute atomic E-state index is 11.9. The van der Waals surface area contributed by atoms with Gasteiger partial charge in [-0.15, -0.1) is 11.3 Å². The number of hydrogen-bond acceptors (Lipinski definition) is 5. The number of nitrogens with zero attached hydrogens (tertiary/aromatic N) is 2. The maximum atomic E-state index is 11.9. The zero-order chi connectivity index (χ0) is 20.7. The van der Waals surface area contributed by atoms with E-state index in [1.165, 1.54) is 0 Å². The van der Waals surface area contributed by atoms with E-state index in [4.69, 9.17) is 0 Å². The van der Waals surface area contributed by atoms with Crippen LogP contribution >= 0.6 is 11.3 Å². The summed E-state index contributed by atoms with van der Waals surface area (Å²) in [6, 6.07) is 7.86.